The molecular formula is C65H49B2N5O2S2. The van der Waals surface area contributed by atoms with Gasteiger partial charge in [0.05, 0.1) is 23.8 Å². The molecule has 11 heteroatoms. The van der Waals surface area contributed by atoms with Crippen molar-refractivity contribution in [1.29, 1.82) is 0 Å². The molecule has 364 valence electrons. The topological polar surface area (TPSA) is 59.0 Å². The van der Waals surface area contributed by atoms with Crippen LogP contribution in [0, 0.1) is 41.5 Å². The average Bonchev–Trinajstić information content (AvgIpc) is 4.21. The molecule has 4 aliphatic rings. The lowest BCUT2D eigenvalue weighted by Gasteiger charge is -2.33. The summed E-state index contributed by atoms with van der Waals surface area (Å²) in [4.78, 5) is 5.23. The van der Waals surface area contributed by atoms with E-state index in [4.69, 9.17) is 19.7 Å². The summed E-state index contributed by atoms with van der Waals surface area (Å²) in [5.74, 6) is 3.33. The molecule has 0 saturated carbocycles. The minimum absolute atomic E-state index is 0.0724. The SMILES string of the molecule is Cc1cc(C)c(-c2cnn(-c3ccc4c(c3)B3c5cc(-c6cc(-c7ccc8c(c7)B7c9cc(-n%10cc(-c%11c(C)cc(C)cc%11C)cn%10)ccc9Sc9cccc(c97)S8)n(C)c6)ccc5Oc5cccc(c53)O4)c2)c(C)c1. The standard InChI is InChI=1S/C65H49B2N5O2S2/c1-36-22-38(3)62(39(4)23-36)45-31-68-71(34-45)47-16-19-55-50(29-47)66-49-26-42(14-18-54(49)73-56-10-8-11-57(74-55)64(56)66)44-28-53(70(7)33-44)43-15-20-58-51(27-43)67-52-30-48(17-21-59(52)76-61-13-9-12-60(75-58)65(61)67)72-35-46(32-69-72)63-40(5)24-37(2)25-41(63)6/h8-35H,1-7H3. The van der Waals surface area contributed by atoms with Crippen molar-refractivity contribution in [1.82, 2.24) is 24.1 Å². The molecule has 0 fully saturated rings. The number of rotatable bonds is 6. The third-order valence-corrected chi connectivity index (χ3v) is 18.4. The van der Waals surface area contributed by atoms with Crippen LogP contribution in [0.3, 0.4) is 0 Å². The Morgan fingerprint density at radius 3 is 1.51 bits per heavy atom. The van der Waals surface area contributed by atoms with Gasteiger partial charge in [0.25, 0.3) is 6.71 Å². The van der Waals surface area contributed by atoms with Gasteiger partial charge in [-0.25, -0.2) is 9.36 Å². The Kier molecular flexibility index (Phi) is 10.1. The normalized spacial score (nSPS) is 13.2. The van der Waals surface area contributed by atoms with Crippen molar-refractivity contribution in [3.05, 3.63) is 204 Å². The summed E-state index contributed by atoms with van der Waals surface area (Å²) >= 11 is 3.77. The highest BCUT2D eigenvalue weighted by molar-refractivity contribution is 8.01. The predicted molar refractivity (Wildman–Crippen MR) is 313 cm³/mol. The molecule has 7 nitrogen and oxygen atoms in total. The van der Waals surface area contributed by atoms with Crippen molar-refractivity contribution in [3.63, 3.8) is 0 Å². The molecule has 7 heterocycles. The zero-order valence-corrected chi connectivity index (χ0v) is 44.8. The second-order valence-electron chi connectivity index (χ2n) is 21.2. The van der Waals surface area contributed by atoms with Crippen molar-refractivity contribution in [2.75, 3.05) is 0 Å². The van der Waals surface area contributed by atoms with Crippen LogP contribution in [0.4, 0.5) is 0 Å². The van der Waals surface area contributed by atoms with Crippen LogP contribution in [0.1, 0.15) is 33.4 Å². The van der Waals surface area contributed by atoms with E-state index in [0.29, 0.717) is 0 Å². The monoisotopic (exact) mass is 1020 g/mol. The van der Waals surface area contributed by atoms with Gasteiger partial charge in [-0.15, -0.1) is 0 Å². The summed E-state index contributed by atoms with van der Waals surface area (Å²) in [5.41, 5.74) is 26.3. The average molecular weight is 1020 g/mol. The van der Waals surface area contributed by atoms with Crippen LogP contribution < -0.4 is 42.3 Å². The summed E-state index contributed by atoms with van der Waals surface area (Å²) < 4.78 is 19.7. The van der Waals surface area contributed by atoms with Gasteiger partial charge in [0.15, 0.2) is 0 Å². The summed E-state index contributed by atoms with van der Waals surface area (Å²) in [6, 6.07) is 51.4. The second kappa shape index (κ2) is 17.0. The highest BCUT2D eigenvalue weighted by Crippen LogP contribution is 2.42. The van der Waals surface area contributed by atoms with Gasteiger partial charge in [-0.1, -0.05) is 106 Å². The minimum Gasteiger partial charge on any atom is -0.458 e. The van der Waals surface area contributed by atoms with Crippen molar-refractivity contribution < 1.29 is 9.47 Å². The summed E-state index contributed by atoms with van der Waals surface area (Å²) in [6.45, 7) is 13.0. The van der Waals surface area contributed by atoms with Gasteiger partial charge in [0, 0.05) is 67.5 Å². The molecular weight excluding hydrogens is 969 g/mol. The number of ether oxygens (including phenoxy) is 2. The highest BCUT2D eigenvalue weighted by Gasteiger charge is 2.41. The largest absolute Gasteiger partial charge is 0.458 e. The van der Waals surface area contributed by atoms with Crippen molar-refractivity contribution in [2.45, 2.75) is 61.1 Å². The molecule has 4 aliphatic heterocycles. The molecule has 0 atom stereocenters. The molecule has 0 bridgehead atoms. The fraction of sp³-hybridized carbons (Fsp3) is 0.108. The number of fused-ring (bicyclic) bond motifs is 8. The van der Waals surface area contributed by atoms with Crippen LogP contribution in [0.15, 0.2) is 190 Å². The van der Waals surface area contributed by atoms with Crippen molar-refractivity contribution in [2.24, 2.45) is 7.05 Å². The van der Waals surface area contributed by atoms with Crippen LogP contribution in [0.2, 0.25) is 0 Å². The second-order valence-corrected chi connectivity index (χ2v) is 23.3. The first-order valence-corrected chi connectivity index (χ1v) is 27.6. The van der Waals surface area contributed by atoms with Gasteiger partial charge in [-0.2, -0.15) is 10.2 Å². The van der Waals surface area contributed by atoms with E-state index in [1.165, 1.54) is 86.0 Å². The Balaban J connectivity index is 0.789. The lowest BCUT2D eigenvalue weighted by atomic mass is 9.34. The van der Waals surface area contributed by atoms with Gasteiger partial charge in [-0.3, -0.25) is 0 Å². The molecule has 0 N–H and O–H groups in total. The third-order valence-electron chi connectivity index (χ3n) is 16.0. The van der Waals surface area contributed by atoms with Crippen LogP contribution in [-0.2, 0) is 7.05 Å². The van der Waals surface area contributed by atoms with Crippen LogP contribution in [0.25, 0.3) is 56.0 Å². The van der Waals surface area contributed by atoms with E-state index in [0.717, 1.165) is 78.7 Å². The number of hydrogen-bond donors (Lipinski definition) is 0. The smallest absolute Gasteiger partial charge is 0.260 e. The van der Waals surface area contributed by atoms with Gasteiger partial charge < -0.3 is 14.0 Å². The number of nitrogens with zero attached hydrogens (tertiary/aromatic N) is 5. The predicted octanol–water partition coefficient (Wildman–Crippen LogP) is 12.1. The lowest BCUT2D eigenvalue weighted by molar-refractivity contribution is 0.464. The molecule has 76 heavy (non-hydrogen) atoms. The third kappa shape index (κ3) is 7.08. The van der Waals surface area contributed by atoms with Crippen molar-refractivity contribution >= 4 is 69.7 Å². The molecule has 0 unspecified atom stereocenters. The number of aromatic nitrogens is 5. The van der Waals surface area contributed by atoms with Gasteiger partial charge in [0.2, 0.25) is 6.71 Å². The molecule has 0 aliphatic carbocycles. The Hall–Kier alpha value is -8.11. The zero-order chi connectivity index (χ0) is 51.2. The molecule has 3 aromatic heterocycles. The minimum atomic E-state index is -0.113. The molecule has 0 radical (unpaired) electrons. The highest BCUT2D eigenvalue weighted by atomic mass is 32.2. The fourth-order valence-electron chi connectivity index (χ4n) is 12.9. The first-order chi connectivity index (χ1) is 37.0. The van der Waals surface area contributed by atoms with Crippen molar-refractivity contribution in [3.8, 4) is 79.0 Å². The van der Waals surface area contributed by atoms with Gasteiger partial charge in [0.1, 0.15) is 23.0 Å². The summed E-state index contributed by atoms with van der Waals surface area (Å²) in [6.07, 6.45) is 10.6. The first kappa shape index (κ1) is 45.3. The Morgan fingerprint density at radius 1 is 0.408 bits per heavy atom. The Morgan fingerprint density at radius 2 is 0.895 bits per heavy atom. The number of aryl methyl sites for hydroxylation is 7. The quantitative estimate of drug-likeness (QED) is 0.155. The van der Waals surface area contributed by atoms with E-state index in [2.05, 4.69) is 205 Å². The maximum absolute atomic E-state index is 6.72. The molecule has 0 saturated heterocycles. The number of benzene rings is 8. The molecule has 0 spiro atoms. The van der Waals surface area contributed by atoms with Crippen LogP contribution in [0.5, 0.6) is 23.0 Å². The van der Waals surface area contributed by atoms with Gasteiger partial charge in [-0.05, 0) is 187 Å². The first-order valence-electron chi connectivity index (χ1n) is 25.9. The maximum Gasteiger partial charge on any atom is 0.260 e. The van der Waals surface area contributed by atoms with Gasteiger partial charge >= 0.3 is 0 Å². The van der Waals surface area contributed by atoms with E-state index in [1.54, 1.807) is 0 Å². The van der Waals surface area contributed by atoms with E-state index >= 15 is 0 Å². The van der Waals surface area contributed by atoms with Crippen LogP contribution >= 0.6 is 23.5 Å². The van der Waals surface area contributed by atoms with Crippen LogP contribution in [-0.4, -0.2) is 37.6 Å². The van der Waals surface area contributed by atoms with E-state index in [9.17, 15) is 0 Å². The number of hydrogen-bond acceptors (Lipinski definition) is 6. The van der Waals surface area contributed by atoms with E-state index in [1.807, 2.05) is 51.3 Å². The fourth-order valence-corrected chi connectivity index (χ4v) is 15.3. The van der Waals surface area contributed by atoms with E-state index < -0.39 is 0 Å². The molecule has 8 aromatic carbocycles. The molecule has 15 rings (SSSR count). The summed E-state index contributed by atoms with van der Waals surface area (Å²) in [7, 11) is 2.17. The maximum atomic E-state index is 6.72. The zero-order valence-electron chi connectivity index (χ0n) is 43.2. The Bertz CT molecular complexity index is 4250. The Labute approximate surface area is 451 Å². The molecule has 0 amide bonds. The van der Waals surface area contributed by atoms with E-state index in [-0.39, 0.29) is 13.4 Å². The lowest BCUT2D eigenvalue weighted by Crippen LogP contribution is -2.58. The summed E-state index contributed by atoms with van der Waals surface area (Å²) in [5, 5.41) is 9.87. The molecule has 11 aromatic rings.